The first-order valence-electron chi connectivity index (χ1n) is 11.4. The third kappa shape index (κ3) is 20.8. The molecule has 0 aromatic carbocycles. The number of hydrogen-bond donors (Lipinski definition) is 1. The van der Waals surface area contributed by atoms with Gasteiger partial charge >= 0.3 is 5.97 Å². The molecule has 0 aromatic heterocycles. The summed E-state index contributed by atoms with van der Waals surface area (Å²) in [6.07, 6.45) is 29.1. The molecule has 0 bridgehead atoms. The van der Waals surface area contributed by atoms with Crippen molar-refractivity contribution in [1.82, 2.24) is 0 Å². The number of carbonyl (C=O) groups is 1. The van der Waals surface area contributed by atoms with E-state index in [-0.39, 0.29) is 19.2 Å². The van der Waals surface area contributed by atoms with Gasteiger partial charge in [-0.25, -0.2) is 0 Å². The first-order valence-corrected chi connectivity index (χ1v) is 11.4. The van der Waals surface area contributed by atoms with Crippen LogP contribution in [0, 0.1) is 0 Å². The summed E-state index contributed by atoms with van der Waals surface area (Å²) in [6.45, 7) is 4.74. The van der Waals surface area contributed by atoms with Gasteiger partial charge in [0.1, 0.15) is 6.10 Å². The van der Waals surface area contributed by atoms with E-state index in [2.05, 4.69) is 67.7 Å². The van der Waals surface area contributed by atoms with Crippen molar-refractivity contribution in [3.63, 3.8) is 0 Å². The topological polar surface area (TPSA) is 55.8 Å². The van der Waals surface area contributed by atoms with Crippen LogP contribution in [0.25, 0.3) is 0 Å². The summed E-state index contributed by atoms with van der Waals surface area (Å²) in [5.74, 6) is -0.266. The van der Waals surface area contributed by atoms with Gasteiger partial charge in [-0.1, -0.05) is 81.0 Å². The number of aliphatic hydroxyl groups excluding tert-OH is 1. The van der Waals surface area contributed by atoms with Crippen molar-refractivity contribution in [1.29, 1.82) is 0 Å². The quantitative estimate of drug-likeness (QED) is 0.153. The second-order valence-corrected chi connectivity index (χ2v) is 6.97. The zero-order chi connectivity index (χ0) is 22.1. The third-order valence-electron chi connectivity index (χ3n) is 4.13. The Morgan fingerprint density at radius 2 is 1.37 bits per heavy atom. The van der Waals surface area contributed by atoms with Crippen LogP contribution in [0.3, 0.4) is 0 Å². The number of carbonyl (C=O) groups excluding carboxylic acids is 1. The minimum atomic E-state index is -0.567. The number of esters is 1. The van der Waals surface area contributed by atoms with E-state index in [4.69, 9.17) is 9.47 Å². The average molecular weight is 419 g/mol. The number of aliphatic hydroxyl groups is 1. The molecule has 0 aliphatic carbocycles. The lowest BCUT2D eigenvalue weighted by molar-refractivity contribution is -0.154. The van der Waals surface area contributed by atoms with E-state index in [0.717, 1.165) is 51.4 Å². The van der Waals surface area contributed by atoms with Gasteiger partial charge in [-0.05, 0) is 44.9 Å². The van der Waals surface area contributed by atoms with Crippen LogP contribution in [0.4, 0.5) is 0 Å². The maximum absolute atomic E-state index is 11.5. The summed E-state index contributed by atoms with van der Waals surface area (Å²) in [6, 6.07) is 0. The smallest absolute Gasteiger partial charge is 0.306 e. The van der Waals surface area contributed by atoms with Crippen molar-refractivity contribution in [3.8, 4) is 0 Å². The highest BCUT2D eigenvalue weighted by atomic mass is 16.6. The molecule has 0 fully saturated rings. The van der Waals surface area contributed by atoms with Gasteiger partial charge in [0.25, 0.3) is 0 Å². The van der Waals surface area contributed by atoms with Gasteiger partial charge in [0.2, 0.25) is 0 Å². The van der Waals surface area contributed by atoms with Crippen molar-refractivity contribution in [3.05, 3.63) is 60.8 Å². The second kappa shape index (κ2) is 23.4. The summed E-state index contributed by atoms with van der Waals surface area (Å²) in [4.78, 5) is 11.5. The van der Waals surface area contributed by atoms with Crippen LogP contribution in [0.5, 0.6) is 0 Å². The maximum atomic E-state index is 11.5. The van der Waals surface area contributed by atoms with Crippen LogP contribution in [-0.2, 0) is 14.3 Å². The first-order chi connectivity index (χ1) is 14.7. The van der Waals surface area contributed by atoms with E-state index in [0.29, 0.717) is 13.0 Å². The predicted octanol–water partition coefficient (Wildman–Crippen LogP) is 6.24. The predicted molar refractivity (Wildman–Crippen MR) is 126 cm³/mol. The van der Waals surface area contributed by atoms with Gasteiger partial charge in [-0.15, -0.1) is 0 Å². The van der Waals surface area contributed by atoms with Crippen molar-refractivity contribution >= 4 is 5.97 Å². The zero-order valence-electron chi connectivity index (χ0n) is 19.0. The third-order valence-corrected chi connectivity index (χ3v) is 4.13. The molecular formula is C26H42O4. The van der Waals surface area contributed by atoms with Gasteiger partial charge in [0.15, 0.2) is 0 Å². The molecule has 170 valence electrons. The van der Waals surface area contributed by atoms with E-state index in [1.165, 1.54) is 0 Å². The number of allylic oxidation sites excluding steroid dienone is 9. The molecule has 0 rings (SSSR count). The van der Waals surface area contributed by atoms with Gasteiger partial charge in [0, 0.05) is 6.42 Å². The molecule has 0 aromatic rings. The largest absolute Gasteiger partial charge is 0.457 e. The lowest BCUT2D eigenvalue weighted by Crippen LogP contribution is -2.27. The van der Waals surface area contributed by atoms with E-state index in [1.54, 1.807) is 0 Å². The molecule has 0 saturated carbocycles. The summed E-state index contributed by atoms with van der Waals surface area (Å²) in [5, 5.41) is 9.25. The number of rotatable bonds is 19. The van der Waals surface area contributed by atoms with E-state index >= 15 is 0 Å². The fourth-order valence-electron chi connectivity index (χ4n) is 2.42. The summed E-state index contributed by atoms with van der Waals surface area (Å²) < 4.78 is 10.7. The second-order valence-electron chi connectivity index (χ2n) is 6.97. The Labute approximate surface area is 184 Å². The van der Waals surface area contributed by atoms with Crippen molar-refractivity contribution in [2.75, 3.05) is 19.8 Å². The fourth-order valence-corrected chi connectivity index (χ4v) is 2.42. The molecular weight excluding hydrogens is 376 g/mol. The molecule has 0 saturated heterocycles. The van der Waals surface area contributed by atoms with Crippen LogP contribution in [0.2, 0.25) is 0 Å². The van der Waals surface area contributed by atoms with E-state index in [9.17, 15) is 9.90 Å². The van der Waals surface area contributed by atoms with Crippen LogP contribution < -0.4 is 0 Å². The molecule has 0 spiro atoms. The number of ether oxygens (including phenoxy) is 2. The van der Waals surface area contributed by atoms with Crippen LogP contribution in [0.15, 0.2) is 60.8 Å². The molecule has 1 N–H and O–H groups in total. The average Bonchev–Trinajstić information content (AvgIpc) is 2.76. The van der Waals surface area contributed by atoms with Gasteiger partial charge in [0.05, 0.1) is 19.8 Å². The van der Waals surface area contributed by atoms with Crippen molar-refractivity contribution in [2.24, 2.45) is 0 Å². The SMILES string of the molecule is CC/C=C\C/C=C\C/C=C\C/C=C\C/C=C\CCOCC(CO)OC(=O)CCCC. The maximum Gasteiger partial charge on any atom is 0.306 e. The normalized spacial score (nSPS) is 13.6. The molecule has 30 heavy (non-hydrogen) atoms. The molecule has 0 aliphatic heterocycles. The Bertz CT molecular complexity index is 529. The molecule has 1 atom stereocenters. The standard InChI is InChI=1S/C26H42O4/c1-3-5-7-8-9-10-11-12-13-14-15-16-17-18-19-20-22-29-24-25(23-27)30-26(28)21-6-4-2/h5,7,9-10,12-13,15-16,18-19,25,27H,3-4,6,8,11,14,17,20-24H2,1-2H3/b7-5-,10-9-,13-12-,16-15-,19-18-. The molecule has 1 unspecified atom stereocenters. The first kappa shape index (κ1) is 28.1. The van der Waals surface area contributed by atoms with Crippen LogP contribution in [0.1, 0.15) is 71.6 Å². The van der Waals surface area contributed by atoms with Gasteiger partial charge in [-0.2, -0.15) is 0 Å². The lowest BCUT2D eigenvalue weighted by atomic mass is 10.2. The highest BCUT2D eigenvalue weighted by Crippen LogP contribution is 2.02. The molecule has 4 heteroatoms. The number of unbranched alkanes of at least 4 members (excludes halogenated alkanes) is 1. The summed E-state index contributed by atoms with van der Waals surface area (Å²) >= 11 is 0. The zero-order valence-corrected chi connectivity index (χ0v) is 19.0. The van der Waals surface area contributed by atoms with E-state index < -0.39 is 6.10 Å². The minimum Gasteiger partial charge on any atom is -0.457 e. The van der Waals surface area contributed by atoms with Gasteiger partial charge in [-0.3, -0.25) is 4.79 Å². The van der Waals surface area contributed by atoms with Crippen LogP contribution >= 0.6 is 0 Å². The summed E-state index contributed by atoms with van der Waals surface area (Å²) in [5.41, 5.74) is 0. The lowest BCUT2D eigenvalue weighted by Gasteiger charge is -2.15. The van der Waals surface area contributed by atoms with Crippen molar-refractivity contribution in [2.45, 2.75) is 77.7 Å². The molecule has 0 aliphatic rings. The minimum absolute atomic E-state index is 0.209. The Hall–Kier alpha value is -1.91. The summed E-state index contributed by atoms with van der Waals surface area (Å²) in [7, 11) is 0. The van der Waals surface area contributed by atoms with Crippen LogP contribution in [-0.4, -0.2) is 37.0 Å². The molecule has 0 radical (unpaired) electrons. The Morgan fingerprint density at radius 1 is 0.833 bits per heavy atom. The van der Waals surface area contributed by atoms with Crippen molar-refractivity contribution < 1.29 is 19.4 Å². The highest BCUT2D eigenvalue weighted by molar-refractivity contribution is 5.69. The fraction of sp³-hybridized carbons (Fsp3) is 0.577. The Balaban J connectivity index is 3.64. The monoisotopic (exact) mass is 418 g/mol. The molecule has 4 nitrogen and oxygen atoms in total. The molecule has 0 amide bonds. The Morgan fingerprint density at radius 3 is 1.87 bits per heavy atom. The number of hydrogen-bond acceptors (Lipinski definition) is 4. The molecule has 0 heterocycles. The van der Waals surface area contributed by atoms with Gasteiger partial charge < -0.3 is 14.6 Å². The Kier molecular flexibility index (Phi) is 21.9. The highest BCUT2D eigenvalue weighted by Gasteiger charge is 2.13. The van der Waals surface area contributed by atoms with E-state index in [1.807, 2.05) is 6.92 Å².